The zero-order valence-electron chi connectivity index (χ0n) is 24.6. The summed E-state index contributed by atoms with van der Waals surface area (Å²) in [6.07, 6.45) is 0.324. The van der Waals surface area contributed by atoms with Crippen LogP contribution in [0.25, 0.3) is 11.1 Å². The molecule has 2 amide bonds. The monoisotopic (exact) mass is 594 g/mol. The molecule has 2 atom stereocenters. The summed E-state index contributed by atoms with van der Waals surface area (Å²) in [6.45, 7) is 3.20. The van der Waals surface area contributed by atoms with Gasteiger partial charge in [-0.15, -0.1) is 0 Å². The van der Waals surface area contributed by atoms with Crippen molar-refractivity contribution in [2.24, 2.45) is 0 Å². The van der Waals surface area contributed by atoms with Crippen LogP contribution in [0.5, 0.6) is 17.2 Å². The molecule has 4 aromatic rings. The topological polar surface area (TPSA) is 141 Å². The molecule has 1 aromatic heterocycles. The van der Waals surface area contributed by atoms with Gasteiger partial charge in [-0.3, -0.25) is 9.59 Å². The number of aryl methyl sites for hydroxylation is 1. The lowest BCUT2D eigenvalue weighted by atomic mass is 9.99. The highest BCUT2D eigenvalue weighted by molar-refractivity contribution is 5.96. The summed E-state index contributed by atoms with van der Waals surface area (Å²) < 4.78 is 17.9. The number of methoxy groups -OCH3 is 1. The van der Waals surface area contributed by atoms with Gasteiger partial charge in [0.2, 0.25) is 5.95 Å². The molecule has 3 aromatic carbocycles. The Hall–Kier alpha value is -5.32. The van der Waals surface area contributed by atoms with Crippen LogP contribution >= 0.6 is 0 Å². The van der Waals surface area contributed by atoms with E-state index in [1.165, 1.54) is 0 Å². The lowest BCUT2D eigenvalue weighted by molar-refractivity contribution is -0.123. The van der Waals surface area contributed by atoms with Crippen molar-refractivity contribution < 1.29 is 23.8 Å². The van der Waals surface area contributed by atoms with Crippen molar-refractivity contribution in [2.75, 3.05) is 37.4 Å². The SMILES string of the molecule is COc1ccc2cc1-c1cccc(c1)OCC(=O)NCc1ccc(cc1)O[C@@H]1CCN(c3cc(C)nc(N)n3)C[C@H]1NC2=O. The third-order valence-corrected chi connectivity index (χ3v) is 7.73. The first kappa shape index (κ1) is 28.8. The predicted molar refractivity (Wildman–Crippen MR) is 166 cm³/mol. The van der Waals surface area contributed by atoms with E-state index in [0.717, 1.165) is 16.8 Å². The number of hydrogen-bond acceptors (Lipinski definition) is 9. The minimum absolute atomic E-state index is 0.133. The third kappa shape index (κ3) is 6.51. The standard InChI is InChI=1S/C33H34N6O5/c1-20-14-30(38-33(34)36-20)39-13-12-29-27(18-39)37-32(41)23-8-11-28(42-2)26(16-23)22-4-3-5-25(15-22)43-19-31(40)35-17-21-6-9-24(44-29)10-7-21/h3-11,14-16,27,29H,12-13,17-19H2,1-2H3,(H,35,40)(H,37,41)(H2,34,36,38)/t27-,29-/m1/s1. The van der Waals surface area contributed by atoms with Crippen LogP contribution in [0, 0.1) is 6.92 Å². The van der Waals surface area contributed by atoms with E-state index in [1.807, 2.05) is 55.5 Å². The molecule has 0 spiro atoms. The van der Waals surface area contributed by atoms with Gasteiger partial charge in [-0.2, -0.15) is 4.98 Å². The molecule has 4 heterocycles. The highest BCUT2D eigenvalue weighted by Gasteiger charge is 2.33. The Kier molecular flexibility index (Phi) is 8.18. The van der Waals surface area contributed by atoms with Gasteiger partial charge in [0.15, 0.2) is 6.61 Å². The molecule has 0 aliphatic carbocycles. The maximum absolute atomic E-state index is 13.8. The summed E-state index contributed by atoms with van der Waals surface area (Å²) >= 11 is 0. The number of nitrogen functional groups attached to an aromatic ring is 1. The molecule has 7 rings (SSSR count). The number of ether oxygens (including phenoxy) is 3. The van der Waals surface area contributed by atoms with Gasteiger partial charge in [-0.1, -0.05) is 24.3 Å². The Morgan fingerprint density at radius 3 is 2.61 bits per heavy atom. The maximum atomic E-state index is 13.8. The Labute approximate surface area is 255 Å². The maximum Gasteiger partial charge on any atom is 0.258 e. The minimum atomic E-state index is -0.375. The summed E-state index contributed by atoms with van der Waals surface area (Å²) in [4.78, 5) is 37.0. The Bertz CT molecular complexity index is 1660. The molecule has 3 aliphatic rings. The van der Waals surface area contributed by atoms with Crippen LogP contribution in [-0.2, 0) is 11.3 Å². The number of nitrogens with one attached hydrogen (secondary N) is 2. The van der Waals surface area contributed by atoms with Crippen LogP contribution in [-0.4, -0.2) is 60.7 Å². The molecule has 11 nitrogen and oxygen atoms in total. The highest BCUT2D eigenvalue weighted by Crippen LogP contribution is 2.33. The normalized spacial score (nSPS) is 18.6. The average molecular weight is 595 g/mol. The molecule has 1 fully saturated rings. The second kappa shape index (κ2) is 12.5. The number of amides is 2. The number of carbonyl (C=O) groups is 2. The number of carbonyl (C=O) groups excluding carboxylic acids is 2. The Morgan fingerprint density at radius 2 is 1.82 bits per heavy atom. The van der Waals surface area contributed by atoms with Gasteiger partial charge in [0, 0.05) is 48.9 Å². The van der Waals surface area contributed by atoms with E-state index in [0.29, 0.717) is 60.2 Å². The van der Waals surface area contributed by atoms with E-state index in [2.05, 4.69) is 25.5 Å². The van der Waals surface area contributed by atoms with E-state index in [9.17, 15) is 9.59 Å². The summed E-state index contributed by atoms with van der Waals surface area (Å²) in [5.74, 6) is 2.21. The molecule has 1 saturated heterocycles. The first-order valence-electron chi connectivity index (χ1n) is 14.4. The average Bonchev–Trinajstić information content (AvgIpc) is 3.03. The Morgan fingerprint density at radius 1 is 0.977 bits per heavy atom. The summed E-state index contributed by atoms with van der Waals surface area (Å²) in [6, 6.07) is 21.7. The molecule has 0 unspecified atom stereocenters. The number of rotatable bonds is 2. The minimum Gasteiger partial charge on any atom is -0.496 e. The van der Waals surface area contributed by atoms with Crippen LogP contribution in [0.1, 0.15) is 28.0 Å². The van der Waals surface area contributed by atoms with Crippen molar-refractivity contribution in [3.8, 4) is 28.4 Å². The van der Waals surface area contributed by atoms with Gasteiger partial charge in [-0.25, -0.2) is 4.98 Å². The summed E-state index contributed by atoms with van der Waals surface area (Å²) in [5, 5.41) is 6.12. The fourth-order valence-electron chi connectivity index (χ4n) is 5.50. The van der Waals surface area contributed by atoms with Crippen molar-refractivity contribution in [1.82, 2.24) is 20.6 Å². The lowest BCUT2D eigenvalue weighted by Gasteiger charge is -2.39. The molecule has 6 bridgehead atoms. The fourth-order valence-corrected chi connectivity index (χ4v) is 5.50. The number of anilines is 2. The molecule has 0 radical (unpaired) electrons. The quantitative estimate of drug-likeness (QED) is 0.318. The van der Waals surface area contributed by atoms with Crippen LogP contribution in [0.4, 0.5) is 11.8 Å². The first-order valence-corrected chi connectivity index (χ1v) is 14.4. The van der Waals surface area contributed by atoms with Crippen molar-refractivity contribution in [3.05, 3.63) is 89.6 Å². The van der Waals surface area contributed by atoms with Gasteiger partial charge in [0.25, 0.3) is 11.8 Å². The smallest absolute Gasteiger partial charge is 0.258 e. The van der Waals surface area contributed by atoms with Crippen molar-refractivity contribution in [3.63, 3.8) is 0 Å². The fraction of sp³-hybridized carbons (Fsp3) is 0.273. The zero-order valence-corrected chi connectivity index (χ0v) is 24.6. The summed E-state index contributed by atoms with van der Waals surface area (Å²) in [5.41, 5.74) is 9.60. The lowest BCUT2D eigenvalue weighted by Crippen LogP contribution is -2.57. The highest BCUT2D eigenvalue weighted by atomic mass is 16.5. The van der Waals surface area contributed by atoms with Gasteiger partial charge in [0.1, 0.15) is 29.2 Å². The number of nitrogens with zero attached hydrogens (tertiary/aromatic N) is 3. The van der Waals surface area contributed by atoms with Crippen LogP contribution < -0.4 is 35.5 Å². The molecular weight excluding hydrogens is 560 g/mol. The van der Waals surface area contributed by atoms with Crippen molar-refractivity contribution in [1.29, 1.82) is 0 Å². The first-order chi connectivity index (χ1) is 21.3. The number of aromatic nitrogens is 2. The third-order valence-electron chi connectivity index (χ3n) is 7.73. The number of benzene rings is 3. The van der Waals surface area contributed by atoms with Crippen molar-refractivity contribution in [2.45, 2.75) is 32.0 Å². The van der Waals surface area contributed by atoms with E-state index in [4.69, 9.17) is 19.9 Å². The zero-order chi connectivity index (χ0) is 30.6. The van der Waals surface area contributed by atoms with E-state index in [-0.39, 0.29) is 36.5 Å². The van der Waals surface area contributed by atoms with E-state index < -0.39 is 0 Å². The molecule has 3 aliphatic heterocycles. The van der Waals surface area contributed by atoms with Gasteiger partial charge >= 0.3 is 0 Å². The summed E-state index contributed by atoms with van der Waals surface area (Å²) in [7, 11) is 1.58. The van der Waals surface area contributed by atoms with Gasteiger partial charge in [0.05, 0.1) is 13.2 Å². The van der Waals surface area contributed by atoms with Crippen LogP contribution in [0.2, 0.25) is 0 Å². The predicted octanol–water partition coefficient (Wildman–Crippen LogP) is 3.51. The number of hydrogen-bond donors (Lipinski definition) is 3. The van der Waals surface area contributed by atoms with E-state index >= 15 is 0 Å². The van der Waals surface area contributed by atoms with Crippen LogP contribution in [0.3, 0.4) is 0 Å². The Balaban J connectivity index is 1.36. The van der Waals surface area contributed by atoms with Crippen LogP contribution in [0.15, 0.2) is 72.8 Å². The number of fused-ring (bicyclic) bond motifs is 7. The van der Waals surface area contributed by atoms with Crippen molar-refractivity contribution >= 4 is 23.6 Å². The molecule has 0 saturated carbocycles. The van der Waals surface area contributed by atoms with Gasteiger partial charge in [-0.05, 0) is 60.5 Å². The molecule has 44 heavy (non-hydrogen) atoms. The largest absolute Gasteiger partial charge is 0.496 e. The number of nitrogens with two attached hydrogens (primary N) is 1. The molecular formula is C33H34N6O5. The second-order valence-corrected chi connectivity index (χ2v) is 10.8. The second-order valence-electron chi connectivity index (χ2n) is 10.8. The number of piperidine rings is 1. The van der Waals surface area contributed by atoms with E-state index in [1.54, 1.807) is 31.4 Å². The molecule has 226 valence electrons. The molecule has 11 heteroatoms. The van der Waals surface area contributed by atoms with Gasteiger partial charge < -0.3 is 35.5 Å². The molecule has 4 N–H and O–H groups in total.